The molecule has 0 aliphatic heterocycles. The van der Waals surface area contributed by atoms with E-state index in [-0.39, 0.29) is 18.2 Å². The van der Waals surface area contributed by atoms with Crippen LogP contribution in [-0.2, 0) is 11.2 Å². The predicted octanol–water partition coefficient (Wildman–Crippen LogP) is 2.18. The van der Waals surface area contributed by atoms with Crippen LogP contribution in [-0.4, -0.2) is 26.8 Å². The van der Waals surface area contributed by atoms with Crippen LogP contribution in [0.2, 0.25) is 0 Å². The van der Waals surface area contributed by atoms with Gasteiger partial charge in [-0.2, -0.15) is 0 Å². The lowest BCUT2D eigenvalue weighted by molar-refractivity contribution is -0.121. The van der Waals surface area contributed by atoms with Crippen molar-refractivity contribution in [3.63, 3.8) is 0 Å². The van der Waals surface area contributed by atoms with Crippen LogP contribution in [0.5, 0.6) is 0 Å². The van der Waals surface area contributed by atoms with Crippen LogP contribution in [0.25, 0.3) is 21.3 Å². The fourth-order valence-electron chi connectivity index (χ4n) is 2.48. The first kappa shape index (κ1) is 15.3. The number of aromatic nitrogens is 3. The van der Waals surface area contributed by atoms with Gasteiger partial charge in [0, 0.05) is 5.56 Å². The molecule has 2 amide bonds. The van der Waals surface area contributed by atoms with Crippen LogP contribution in [0.4, 0.5) is 0 Å². The maximum absolute atomic E-state index is 12.1. The normalized spacial score (nSPS) is 10.9. The number of amides is 2. The molecule has 7 nitrogen and oxygen atoms in total. The van der Waals surface area contributed by atoms with Gasteiger partial charge in [0.25, 0.3) is 5.91 Å². The number of carbonyl (C=O) groups is 2. The number of nitrogens with one attached hydrogen (secondary N) is 3. The van der Waals surface area contributed by atoms with E-state index in [1.807, 2.05) is 24.3 Å². The number of nitrogens with zero attached hydrogens (tertiary/aromatic N) is 2. The number of H-pyrrole nitrogens is 1. The van der Waals surface area contributed by atoms with E-state index in [9.17, 15) is 9.59 Å². The summed E-state index contributed by atoms with van der Waals surface area (Å²) in [5.41, 5.74) is 9.51. The second-order valence-corrected chi connectivity index (χ2v) is 6.30. The first-order chi connectivity index (χ1) is 12.2. The molecule has 25 heavy (non-hydrogen) atoms. The van der Waals surface area contributed by atoms with Crippen LogP contribution in [0, 0.1) is 0 Å². The lowest BCUT2D eigenvalue weighted by atomic mass is 10.2. The molecule has 0 fully saturated rings. The molecule has 124 valence electrons. The zero-order valence-corrected chi connectivity index (χ0v) is 13.8. The number of fused-ring (bicyclic) bond motifs is 2. The molecule has 4 rings (SSSR count). The zero-order chi connectivity index (χ0) is 17.2. The monoisotopic (exact) mass is 351 g/mol. The number of benzene rings is 2. The van der Waals surface area contributed by atoms with Gasteiger partial charge in [0.05, 0.1) is 33.2 Å². The molecule has 3 N–H and O–H groups in total. The summed E-state index contributed by atoms with van der Waals surface area (Å²) >= 11 is 1.46. The van der Waals surface area contributed by atoms with Crippen molar-refractivity contribution < 1.29 is 9.59 Å². The highest BCUT2D eigenvalue weighted by Crippen LogP contribution is 2.18. The molecule has 4 aromatic rings. The Morgan fingerprint density at radius 2 is 1.96 bits per heavy atom. The molecule has 0 saturated heterocycles. The molecule has 8 heteroatoms. The summed E-state index contributed by atoms with van der Waals surface area (Å²) in [5.74, 6) is -0.196. The van der Waals surface area contributed by atoms with Crippen LogP contribution < -0.4 is 10.9 Å². The van der Waals surface area contributed by atoms with Gasteiger partial charge in [0.15, 0.2) is 0 Å². The third kappa shape index (κ3) is 3.20. The van der Waals surface area contributed by atoms with Crippen molar-refractivity contribution in [3.8, 4) is 0 Å². The largest absolute Gasteiger partial charge is 0.342 e. The number of hydrogen-bond donors (Lipinski definition) is 3. The van der Waals surface area contributed by atoms with Gasteiger partial charge in [-0.05, 0) is 30.3 Å². The average Bonchev–Trinajstić information content (AvgIpc) is 3.24. The summed E-state index contributed by atoms with van der Waals surface area (Å²) in [6, 6.07) is 12.7. The van der Waals surface area contributed by atoms with E-state index in [1.165, 1.54) is 11.3 Å². The van der Waals surface area contributed by atoms with E-state index in [0.717, 1.165) is 21.3 Å². The van der Waals surface area contributed by atoms with Crippen molar-refractivity contribution in [3.05, 3.63) is 59.4 Å². The lowest BCUT2D eigenvalue weighted by Crippen LogP contribution is -2.42. The minimum atomic E-state index is -0.381. The summed E-state index contributed by atoms with van der Waals surface area (Å²) in [7, 11) is 0. The molecular weight excluding hydrogens is 338 g/mol. The molecule has 0 bridgehead atoms. The topological polar surface area (TPSA) is 99.8 Å². The second-order valence-electron chi connectivity index (χ2n) is 5.41. The van der Waals surface area contributed by atoms with E-state index >= 15 is 0 Å². The third-order valence-electron chi connectivity index (χ3n) is 3.68. The first-order valence-corrected chi connectivity index (χ1v) is 8.43. The average molecular weight is 351 g/mol. The number of thiazole rings is 1. The van der Waals surface area contributed by atoms with Crippen molar-refractivity contribution in [1.82, 2.24) is 25.8 Å². The minimum Gasteiger partial charge on any atom is -0.342 e. The van der Waals surface area contributed by atoms with Gasteiger partial charge in [0.1, 0.15) is 5.82 Å². The molecule has 2 aromatic carbocycles. The van der Waals surface area contributed by atoms with Crippen LogP contribution >= 0.6 is 11.3 Å². The smallest absolute Gasteiger partial charge is 0.269 e. The number of hydrogen-bond acceptors (Lipinski definition) is 5. The van der Waals surface area contributed by atoms with Crippen molar-refractivity contribution in [2.24, 2.45) is 0 Å². The van der Waals surface area contributed by atoms with Gasteiger partial charge in [-0.15, -0.1) is 11.3 Å². The van der Waals surface area contributed by atoms with Crippen molar-refractivity contribution in [1.29, 1.82) is 0 Å². The van der Waals surface area contributed by atoms with E-state index in [1.54, 1.807) is 23.7 Å². The maximum Gasteiger partial charge on any atom is 0.269 e. The summed E-state index contributed by atoms with van der Waals surface area (Å²) in [6.45, 7) is 0. The molecule has 0 spiro atoms. The van der Waals surface area contributed by atoms with E-state index < -0.39 is 0 Å². The fraction of sp³-hybridized carbons (Fsp3) is 0.0588. The van der Waals surface area contributed by atoms with Gasteiger partial charge >= 0.3 is 0 Å². The predicted molar refractivity (Wildman–Crippen MR) is 95.0 cm³/mol. The highest BCUT2D eigenvalue weighted by Gasteiger charge is 2.11. The SMILES string of the molecule is O=C(Cc1nc2ccccc2[nH]1)NNC(=O)c1ccc2ncsc2c1. The highest BCUT2D eigenvalue weighted by molar-refractivity contribution is 7.16. The zero-order valence-electron chi connectivity index (χ0n) is 12.9. The van der Waals surface area contributed by atoms with Crippen LogP contribution in [0.15, 0.2) is 48.0 Å². The van der Waals surface area contributed by atoms with Crippen molar-refractivity contribution in [2.45, 2.75) is 6.42 Å². The number of hydrazine groups is 1. The van der Waals surface area contributed by atoms with E-state index in [2.05, 4.69) is 25.8 Å². The molecule has 0 aliphatic rings. The molecule has 2 heterocycles. The van der Waals surface area contributed by atoms with Gasteiger partial charge in [-0.1, -0.05) is 12.1 Å². The summed E-state index contributed by atoms with van der Waals surface area (Å²) < 4.78 is 0.918. The Kier molecular flexibility index (Phi) is 3.87. The Bertz CT molecular complexity index is 1050. The van der Waals surface area contributed by atoms with Crippen molar-refractivity contribution in [2.75, 3.05) is 0 Å². The molecule has 0 unspecified atom stereocenters. The third-order valence-corrected chi connectivity index (χ3v) is 4.47. The molecule has 0 aliphatic carbocycles. The van der Waals surface area contributed by atoms with Crippen LogP contribution in [0.3, 0.4) is 0 Å². The minimum absolute atomic E-state index is 0.0445. The van der Waals surface area contributed by atoms with Gasteiger partial charge in [-0.25, -0.2) is 9.97 Å². The summed E-state index contributed by atoms with van der Waals surface area (Å²) in [6.07, 6.45) is 0.0445. The van der Waals surface area contributed by atoms with Gasteiger partial charge in [-0.3, -0.25) is 20.4 Å². The first-order valence-electron chi connectivity index (χ1n) is 7.55. The van der Waals surface area contributed by atoms with Gasteiger partial charge in [0.2, 0.25) is 5.91 Å². The fourth-order valence-corrected chi connectivity index (χ4v) is 3.20. The van der Waals surface area contributed by atoms with E-state index in [4.69, 9.17) is 0 Å². The van der Waals surface area contributed by atoms with Gasteiger partial charge < -0.3 is 4.98 Å². The summed E-state index contributed by atoms with van der Waals surface area (Å²) in [4.78, 5) is 35.7. The summed E-state index contributed by atoms with van der Waals surface area (Å²) in [5, 5.41) is 0. The number of para-hydroxylation sites is 2. The molecule has 2 aromatic heterocycles. The lowest BCUT2D eigenvalue weighted by Gasteiger charge is -2.06. The number of rotatable bonds is 3. The Morgan fingerprint density at radius 1 is 1.08 bits per heavy atom. The highest BCUT2D eigenvalue weighted by atomic mass is 32.1. The standard InChI is InChI=1S/C17H13N5O2S/c23-16(8-15-19-11-3-1-2-4-12(11)20-15)21-22-17(24)10-5-6-13-14(7-10)25-9-18-13/h1-7,9H,8H2,(H,19,20)(H,21,23)(H,22,24). The number of aromatic amines is 1. The molecule has 0 radical (unpaired) electrons. The Morgan fingerprint density at radius 3 is 2.84 bits per heavy atom. The van der Waals surface area contributed by atoms with Crippen LogP contribution in [0.1, 0.15) is 16.2 Å². The Hall–Kier alpha value is -3.26. The second kappa shape index (κ2) is 6.33. The Balaban J connectivity index is 1.38. The quantitative estimate of drug-likeness (QED) is 0.493. The molecular formula is C17H13N5O2S. The Labute approximate surface area is 146 Å². The number of carbonyl (C=O) groups excluding carboxylic acids is 2. The van der Waals surface area contributed by atoms with E-state index in [0.29, 0.717) is 11.4 Å². The van der Waals surface area contributed by atoms with Crippen molar-refractivity contribution >= 4 is 44.4 Å². The molecule has 0 saturated carbocycles. The maximum atomic E-state index is 12.1. The molecule has 0 atom stereocenters. The number of imidazole rings is 1.